The number of amides is 1. The number of benzene rings is 1. The van der Waals surface area contributed by atoms with Crippen LogP contribution in [-0.4, -0.2) is 79.1 Å². The Balaban J connectivity index is 2.19. The summed E-state index contributed by atoms with van der Waals surface area (Å²) in [5.74, 6) is -0.165. The van der Waals surface area contributed by atoms with Crippen molar-refractivity contribution in [1.82, 2.24) is 14.7 Å². The minimum Gasteiger partial charge on any atom is -0.380 e. The van der Waals surface area contributed by atoms with Gasteiger partial charge in [-0.15, -0.1) is 0 Å². The standard InChI is InChI=1S/C18H29N3O2/c1-19(2)14-16(15-8-6-5-7-9-15)21(4)17(22)18(23)10-12-20(3)13-11-18/h5-9,16,23H,10-14H2,1-4H3/t16-/m1/s1. The smallest absolute Gasteiger partial charge is 0.254 e. The van der Waals surface area contributed by atoms with Gasteiger partial charge in [-0.2, -0.15) is 0 Å². The monoisotopic (exact) mass is 319 g/mol. The maximum absolute atomic E-state index is 13.0. The minimum absolute atomic E-state index is 0.0672. The molecule has 1 aromatic rings. The van der Waals surface area contributed by atoms with E-state index >= 15 is 0 Å². The Morgan fingerprint density at radius 2 is 1.78 bits per heavy atom. The average molecular weight is 319 g/mol. The van der Waals surface area contributed by atoms with E-state index in [4.69, 9.17) is 0 Å². The molecule has 1 atom stereocenters. The van der Waals surface area contributed by atoms with E-state index in [1.165, 1.54) is 0 Å². The number of hydrogen-bond acceptors (Lipinski definition) is 4. The molecule has 1 saturated heterocycles. The number of nitrogens with zero attached hydrogens (tertiary/aromatic N) is 3. The van der Waals surface area contributed by atoms with Crippen LogP contribution in [-0.2, 0) is 4.79 Å². The second-order valence-corrected chi connectivity index (χ2v) is 6.94. The summed E-state index contributed by atoms with van der Waals surface area (Å²) in [5, 5.41) is 10.8. The molecule has 1 fully saturated rings. The molecule has 1 aliphatic rings. The highest BCUT2D eigenvalue weighted by Crippen LogP contribution is 2.28. The van der Waals surface area contributed by atoms with Crippen molar-refractivity contribution < 1.29 is 9.90 Å². The topological polar surface area (TPSA) is 47.0 Å². The van der Waals surface area contributed by atoms with E-state index in [0.717, 1.165) is 25.2 Å². The molecule has 1 heterocycles. The second kappa shape index (κ2) is 7.43. The Morgan fingerprint density at radius 1 is 1.22 bits per heavy atom. The zero-order chi connectivity index (χ0) is 17.0. The third-order valence-electron chi connectivity index (χ3n) is 4.72. The lowest BCUT2D eigenvalue weighted by molar-refractivity contribution is -0.157. The quantitative estimate of drug-likeness (QED) is 0.886. The van der Waals surface area contributed by atoms with Crippen molar-refractivity contribution in [2.24, 2.45) is 0 Å². The van der Waals surface area contributed by atoms with Gasteiger partial charge in [-0.25, -0.2) is 0 Å². The molecule has 5 heteroatoms. The minimum atomic E-state index is -1.24. The fourth-order valence-electron chi connectivity index (χ4n) is 3.14. The van der Waals surface area contributed by atoms with Crippen LogP contribution in [0.5, 0.6) is 0 Å². The Labute approximate surface area is 139 Å². The van der Waals surface area contributed by atoms with Gasteiger partial charge in [0.1, 0.15) is 5.60 Å². The summed E-state index contributed by atoms with van der Waals surface area (Å²) in [5.41, 5.74) is -0.144. The predicted octanol–water partition coefficient (Wildman–Crippen LogP) is 1.20. The fourth-order valence-corrected chi connectivity index (χ4v) is 3.14. The van der Waals surface area contributed by atoms with Crippen molar-refractivity contribution >= 4 is 5.91 Å². The zero-order valence-electron chi connectivity index (χ0n) is 14.7. The third kappa shape index (κ3) is 4.31. The lowest BCUT2D eigenvalue weighted by atomic mass is 9.89. The summed E-state index contributed by atoms with van der Waals surface area (Å²) < 4.78 is 0. The molecule has 0 spiro atoms. The molecule has 128 valence electrons. The Hall–Kier alpha value is -1.43. The normalized spacial score (nSPS) is 19.6. The second-order valence-electron chi connectivity index (χ2n) is 6.94. The maximum atomic E-state index is 13.0. The summed E-state index contributed by atoms with van der Waals surface area (Å²) >= 11 is 0. The van der Waals surface area contributed by atoms with E-state index in [0.29, 0.717) is 12.8 Å². The van der Waals surface area contributed by atoms with E-state index in [2.05, 4.69) is 9.80 Å². The largest absolute Gasteiger partial charge is 0.380 e. The van der Waals surface area contributed by atoms with Crippen molar-refractivity contribution in [3.05, 3.63) is 35.9 Å². The van der Waals surface area contributed by atoms with Crippen molar-refractivity contribution in [3.63, 3.8) is 0 Å². The van der Waals surface area contributed by atoms with E-state index < -0.39 is 5.60 Å². The first-order valence-electron chi connectivity index (χ1n) is 8.21. The van der Waals surface area contributed by atoms with Crippen LogP contribution >= 0.6 is 0 Å². The van der Waals surface area contributed by atoms with Crippen molar-refractivity contribution in [1.29, 1.82) is 0 Å². The average Bonchev–Trinajstić information content (AvgIpc) is 2.55. The lowest BCUT2D eigenvalue weighted by Gasteiger charge is -2.40. The molecule has 5 nitrogen and oxygen atoms in total. The van der Waals surface area contributed by atoms with E-state index in [9.17, 15) is 9.90 Å². The molecule has 0 saturated carbocycles. The molecule has 0 aliphatic carbocycles. The van der Waals surface area contributed by atoms with Crippen LogP contribution in [0.3, 0.4) is 0 Å². The number of rotatable bonds is 5. The summed E-state index contributed by atoms with van der Waals surface area (Å²) in [6.07, 6.45) is 0.992. The highest BCUT2D eigenvalue weighted by molar-refractivity contribution is 5.85. The first kappa shape index (κ1) is 17.9. The molecule has 0 bridgehead atoms. The predicted molar refractivity (Wildman–Crippen MR) is 92.2 cm³/mol. The summed E-state index contributed by atoms with van der Waals surface area (Å²) in [6.45, 7) is 2.22. The molecular weight excluding hydrogens is 290 g/mol. The molecular formula is C18H29N3O2. The molecule has 1 aliphatic heterocycles. The highest BCUT2D eigenvalue weighted by Gasteiger charge is 2.42. The number of aliphatic hydroxyl groups is 1. The van der Waals surface area contributed by atoms with Gasteiger partial charge in [0.2, 0.25) is 0 Å². The molecule has 2 rings (SSSR count). The van der Waals surface area contributed by atoms with Crippen LogP contribution in [0.15, 0.2) is 30.3 Å². The molecule has 0 radical (unpaired) electrons. The van der Waals surface area contributed by atoms with E-state index in [1.807, 2.05) is 51.5 Å². The van der Waals surface area contributed by atoms with Gasteiger partial charge >= 0.3 is 0 Å². The Morgan fingerprint density at radius 3 is 2.30 bits per heavy atom. The number of piperidine rings is 1. The van der Waals surface area contributed by atoms with Gasteiger partial charge in [0.15, 0.2) is 0 Å². The maximum Gasteiger partial charge on any atom is 0.254 e. The van der Waals surface area contributed by atoms with E-state index in [-0.39, 0.29) is 11.9 Å². The van der Waals surface area contributed by atoms with Crippen molar-refractivity contribution in [3.8, 4) is 0 Å². The van der Waals surface area contributed by atoms with Crippen molar-refractivity contribution in [2.75, 3.05) is 47.8 Å². The van der Waals surface area contributed by atoms with E-state index in [1.54, 1.807) is 11.9 Å². The third-order valence-corrected chi connectivity index (χ3v) is 4.72. The summed E-state index contributed by atoms with van der Waals surface area (Å²) in [6, 6.07) is 9.96. The van der Waals surface area contributed by atoms with Gasteiger partial charge in [0.05, 0.1) is 6.04 Å². The molecule has 1 amide bonds. The highest BCUT2D eigenvalue weighted by atomic mass is 16.3. The number of carbonyl (C=O) groups is 1. The SMILES string of the molecule is CN(C)C[C@H](c1ccccc1)N(C)C(=O)C1(O)CCN(C)CC1. The van der Waals surface area contributed by atoms with Crippen LogP contribution < -0.4 is 0 Å². The molecule has 1 aromatic carbocycles. The Kier molecular flexibility index (Phi) is 5.79. The van der Waals surface area contributed by atoms with Crippen LogP contribution in [0.1, 0.15) is 24.4 Å². The first-order chi connectivity index (χ1) is 10.8. The molecule has 0 unspecified atom stereocenters. The number of hydrogen-bond donors (Lipinski definition) is 1. The molecule has 1 N–H and O–H groups in total. The van der Waals surface area contributed by atoms with Crippen LogP contribution in [0.4, 0.5) is 0 Å². The first-order valence-corrected chi connectivity index (χ1v) is 8.21. The van der Waals surface area contributed by atoms with Crippen LogP contribution in [0, 0.1) is 0 Å². The molecule has 23 heavy (non-hydrogen) atoms. The lowest BCUT2D eigenvalue weighted by Crippen LogP contribution is -2.54. The van der Waals surface area contributed by atoms with Gasteiger partial charge in [0, 0.05) is 26.7 Å². The Bertz CT molecular complexity index is 510. The number of likely N-dealkylation sites (tertiary alicyclic amines) is 1. The number of carbonyl (C=O) groups excluding carboxylic acids is 1. The summed E-state index contributed by atoms with van der Waals surface area (Å²) in [4.78, 5) is 18.9. The molecule has 0 aromatic heterocycles. The van der Waals surface area contributed by atoms with Gasteiger partial charge < -0.3 is 19.8 Å². The van der Waals surface area contributed by atoms with Gasteiger partial charge in [0.25, 0.3) is 5.91 Å². The number of likely N-dealkylation sites (N-methyl/N-ethyl adjacent to an activating group) is 2. The van der Waals surface area contributed by atoms with Gasteiger partial charge in [-0.05, 0) is 39.5 Å². The fraction of sp³-hybridized carbons (Fsp3) is 0.611. The van der Waals surface area contributed by atoms with Crippen molar-refractivity contribution in [2.45, 2.75) is 24.5 Å². The zero-order valence-corrected chi connectivity index (χ0v) is 14.7. The van der Waals surface area contributed by atoms with Gasteiger partial charge in [-0.3, -0.25) is 4.79 Å². The van der Waals surface area contributed by atoms with Crippen LogP contribution in [0.2, 0.25) is 0 Å². The van der Waals surface area contributed by atoms with Crippen LogP contribution in [0.25, 0.3) is 0 Å². The summed E-state index contributed by atoms with van der Waals surface area (Å²) in [7, 11) is 7.82. The van der Waals surface area contributed by atoms with Gasteiger partial charge in [-0.1, -0.05) is 30.3 Å².